The number of nitrogens with one attached hydrogen (secondary N) is 1. The maximum atomic E-state index is 11.5. The predicted octanol–water partition coefficient (Wildman–Crippen LogP) is 1.01. The first-order chi connectivity index (χ1) is 9.43. The van der Waals surface area contributed by atoms with E-state index in [0.29, 0.717) is 12.3 Å². The van der Waals surface area contributed by atoms with Crippen LogP contribution in [0.1, 0.15) is 17.5 Å². The largest absolute Gasteiger partial charge is 0.479 e. The van der Waals surface area contributed by atoms with E-state index in [1.807, 2.05) is 29.6 Å². The van der Waals surface area contributed by atoms with Gasteiger partial charge in [0.25, 0.3) is 0 Å². The number of alkyl halides is 1. The van der Waals surface area contributed by atoms with Gasteiger partial charge in [-0.15, -0.1) is 11.6 Å². The molecule has 0 saturated heterocycles. The lowest BCUT2D eigenvalue weighted by atomic mass is 10.1. The van der Waals surface area contributed by atoms with Crippen molar-refractivity contribution in [2.24, 2.45) is 0 Å². The van der Waals surface area contributed by atoms with Crippen LogP contribution in [0.5, 0.6) is 0 Å². The van der Waals surface area contributed by atoms with Gasteiger partial charge in [0, 0.05) is 12.3 Å². The highest BCUT2D eigenvalue weighted by atomic mass is 35.5. The van der Waals surface area contributed by atoms with Crippen molar-refractivity contribution >= 4 is 29.4 Å². The normalized spacial score (nSPS) is 10.3. The Bertz CT molecular complexity index is 486. The molecule has 108 valence electrons. The first kappa shape index (κ1) is 16.0. The van der Waals surface area contributed by atoms with Crippen LogP contribution in [0.4, 0.5) is 0 Å². The number of aliphatic carboxylic acids is 2. The molecular formula is C13H14ClNO5. The Morgan fingerprint density at radius 1 is 1.05 bits per heavy atom. The highest BCUT2D eigenvalue weighted by Crippen LogP contribution is 2.08. The number of carbonyl (C=O) groups is 3. The van der Waals surface area contributed by atoms with Crippen molar-refractivity contribution in [1.82, 2.24) is 5.32 Å². The maximum absolute atomic E-state index is 11.5. The van der Waals surface area contributed by atoms with Crippen LogP contribution in [0.3, 0.4) is 0 Å². The third-order valence-electron chi connectivity index (χ3n) is 2.62. The molecular weight excluding hydrogens is 286 g/mol. The highest BCUT2D eigenvalue weighted by molar-refractivity contribution is 6.17. The molecule has 0 atom stereocenters. The van der Waals surface area contributed by atoms with Crippen molar-refractivity contribution in [2.45, 2.75) is 24.8 Å². The smallest absolute Gasteiger partial charge is 0.338 e. The molecule has 0 aliphatic carbocycles. The van der Waals surface area contributed by atoms with Crippen LogP contribution in [-0.2, 0) is 26.7 Å². The van der Waals surface area contributed by atoms with Gasteiger partial charge in [-0.2, -0.15) is 0 Å². The number of hydrogen-bond acceptors (Lipinski definition) is 3. The molecule has 1 amide bonds. The van der Waals surface area contributed by atoms with Gasteiger partial charge in [-0.3, -0.25) is 4.79 Å². The van der Waals surface area contributed by atoms with E-state index < -0.39 is 23.9 Å². The summed E-state index contributed by atoms with van der Waals surface area (Å²) in [5.41, 5.74) is 1.84. The van der Waals surface area contributed by atoms with Gasteiger partial charge < -0.3 is 15.5 Å². The van der Waals surface area contributed by atoms with Gasteiger partial charge in [-0.1, -0.05) is 24.3 Å². The minimum atomic E-state index is -1.92. The van der Waals surface area contributed by atoms with E-state index in [1.54, 1.807) is 0 Å². The summed E-state index contributed by atoms with van der Waals surface area (Å²) in [7, 11) is 0. The lowest BCUT2D eigenvalue weighted by Gasteiger charge is -2.10. The molecule has 1 aromatic rings. The Morgan fingerprint density at radius 2 is 1.55 bits per heavy atom. The summed E-state index contributed by atoms with van der Waals surface area (Å²) in [6, 6.07) is 5.38. The molecule has 7 heteroatoms. The van der Waals surface area contributed by atoms with Gasteiger partial charge in [0.05, 0.1) is 0 Å². The van der Waals surface area contributed by atoms with Crippen LogP contribution in [0, 0.1) is 0 Å². The van der Waals surface area contributed by atoms with E-state index in [9.17, 15) is 14.4 Å². The monoisotopic (exact) mass is 299 g/mol. The minimum Gasteiger partial charge on any atom is -0.479 e. The van der Waals surface area contributed by atoms with Gasteiger partial charge in [0.15, 0.2) is 0 Å². The Hall–Kier alpha value is -2.08. The molecule has 0 bridgehead atoms. The molecule has 0 unspecified atom stereocenters. The van der Waals surface area contributed by atoms with Gasteiger partial charge in [-0.05, 0) is 17.5 Å². The number of carbonyl (C=O) groups excluding carboxylic acids is 1. The third-order valence-corrected chi connectivity index (χ3v) is 2.93. The number of carboxylic acids is 2. The summed E-state index contributed by atoms with van der Waals surface area (Å²) in [4.78, 5) is 32.7. The SMILES string of the molecule is O=C(CCc1ccc(CCl)cc1)NC(C(=O)O)C(=O)O. The Kier molecular flexibility index (Phi) is 5.99. The van der Waals surface area contributed by atoms with Crippen molar-refractivity contribution in [3.63, 3.8) is 0 Å². The van der Waals surface area contributed by atoms with E-state index in [-0.39, 0.29) is 6.42 Å². The van der Waals surface area contributed by atoms with Crippen LogP contribution < -0.4 is 5.32 Å². The van der Waals surface area contributed by atoms with E-state index in [1.165, 1.54) is 0 Å². The number of hydrogen-bond donors (Lipinski definition) is 3. The zero-order valence-electron chi connectivity index (χ0n) is 10.5. The Labute approximate surface area is 120 Å². The molecule has 0 spiro atoms. The first-order valence-electron chi connectivity index (χ1n) is 5.82. The fourth-order valence-electron chi connectivity index (χ4n) is 1.52. The summed E-state index contributed by atoms with van der Waals surface area (Å²) in [5.74, 6) is -3.42. The number of rotatable bonds is 7. The average Bonchev–Trinajstić information content (AvgIpc) is 2.42. The molecule has 3 N–H and O–H groups in total. The summed E-state index contributed by atoms with van der Waals surface area (Å²) in [5, 5.41) is 19.2. The predicted molar refractivity (Wildman–Crippen MR) is 71.5 cm³/mol. The van der Waals surface area contributed by atoms with E-state index in [0.717, 1.165) is 11.1 Å². The van der Waals surface area contributed by atoms with Crippen molar-refractivity contribution in [3.8, 4) is 0 Å². The number of halogens is 1. The molecule has 0 aliphatic heterocycles. The maximum Gasteiger partial charge on any atom is 0.338 e. The molecule has 6 nitrogen and oxygen atoms in total. The Balaban J connectivity index is 2.50. The van der Waals surface area contributed by atoms with Gasteiger partial charge in [-0.25, -0.2) is 9.59 Å². The lowest BCUT2D eigenvalue weighted by Crippen LogP contribution is -2.46. The summed E-state index contributed by atoms with van der Waals surface area (Å²) in [6.07, 6.45) is 0.400. The molecule has 1 aromatic carbocycles. The molecule has 0 aliphatic rings. The van der Waals surface area contributed by atoms with Crippen LogP contribution >= 0.6 is 11.6 Å². The fourth-order valence-corrected chi connectivity index (χ4v) is 1.69. The lowest BCUT2D eigenvalue weighted by molar-refractivity contribution is -0.153. The molecule has 20 heavy (non-hydrogen) atoms. The summed E-state index contributed by atoms with van der Waals surface area (Å²) in [6.45, 7) is 0. The summed E-state index contributed by atoms with van der Waals surface area (Å²) < 4.78 is 0. The van der Waals surface area contributed by atoms with Gasteiger partial charge in [0.2, 0.25) is 11.9 Å². The Morgan fingerprint density at radius 3 is 2.00 bits per heavy atom. The quantitative estimate of drug-likeness (QED) is 0.515. The number of aryl methyl sites for hydroxylation is 1. The second-order valence-corrected chi connectivity index (χ2v) is 4.39. The fraction of sp³-hybridized carbons (Fsp3) is 0.308. The third kappa shape index (κ3) is 4.89. The van der Waals surface area contributed by atoms with Crippen LogP contribution in [0.15, 0.2) is 24.3 Å². The number of carboxylic acid groups (broad SMARTS) is 2. The second-order valence-electron chi connectivity index (χ2n) is 4.13. The van der Waals surface area contributed by atoms with Gasteiger partial charge >= 0.3 is 11.9 Å². The van der Waals surface area contributed by atoms with Crippen molar-refractivity contribution in [1.29, 1.82) is 0 Å². The van der Waals surface area contributed by atoms with E-state index in [2.05, 4.69) is 0 Å². The molecule has 0 saturated carbocycles. The van der Waals surface area contributed by atoms with E-state index in [4.69, 9.17) is 21.8 Å². The molecule has 0 heterocycles. The van der Waals surface area contributed by atoms with Crippen molar-refractivity contribution < 1.29 is 24.6 Å². The second kappa shape index (κ2) is 7.49. The zero-order valence-corrected chi connectivity index (χ0v) is 11.3. The molecule has 0 radical (unpaired) electrons. The van der Waals surface area contributed by atoms with Crippen LogP contribution in [-0.4, -0.2) is 34.1 Å². The highest BCUT2D eigenvalue weighted by Gasteiger charge is 2.27. The molecule has 0 aromatic heterocycles. The molecule has 1 rings (SSSR count). The topological polar surface area (TPSA) is 104 Å². The number of benzene rings is 1. The first-order valence-corrected chi connectivity index (χ1v) is 6.36. The van der Waals surface area contributed by atoms with Crippen LogP contribution in [0.2, 0.25) is 0 Å². The number of amides is 1. The summed E-state index contributed by atoms with van der Waals surface area (Å²) >= 11 is 5.65. The van der Waals surface area contributed by atoms with Crippen LogP contribution in [0.25, 0.3) is 0 Å². The molecule has 0 fully saturated rings. The van der Waals surface area contributed by atoms with Crippen molar-refractivity contribution in [3.05, 3.63) is 35.4 Å². The van der Waals surface area contributed by atoms with Gasteiger partial charge in [0.1, 0.15) is 0 Å². The zero-order chi connectivity index (χ0) is 15.1. The standard InChI is InChI=1S/C13H14ClNO5/c14-7-9-3-1-8(2-4-9)5-6-10(16)15-11(12(17)18)13(19)20/h1-4,11H,5-7H2,(H,15,16)(H,17,18)(H,19,20). The van der Waals surface area contributed by atoms with Crippen molar-refractivity contribution in [2.75, 3.05) is 0 Å². The minimum absolute atomic E-state index is 0.0112. The average molecular weight is 300 g/mol. The van der Waals surface area contributed by atoms with E-state index >= 15 is 0 Å².